The van der Waals surface area contributed by atoms with E-state index in [-0.39, 0.29) is 0 Å². The zero-order chi connectivity index (χ0) is 14.8. The lowest BCUT2D eigenvalue weighted by molar-refractivity contribution is 0.465. The summed E-state index contributed by atoms with van der Waals surface area (Å²) in [5, 5.41) is 4.61. The smallest absolute Gasteiger partial charge is 0.0408 e. The van der Waals surface area contributed by atoms with Crippen molar-refractivity contribution in [1.29, 1.82) is 0 Å². The van der Waals surface area contributed by atoms with Crippen LogP contribution < -0.4 is 5.32 Å². The first-order valence-corrected chi connectivity index (χ1v) is 8.18. The maximum atomic E-state index is 6.08. The van der Waals surface area contributed by atoms with Gasteiger partial charge in [0.25, 0.3) is 0 Å². The predicted octanol–water partition coefficient (Wildman–Crippen LogP) is 5.24. The molecule has 0 heterocycles. The molecule has 1 aliphatic rings. The molecule has 2 unspecified atom stereocenters. The van der Waals surface area contributed by atoms with Gasteiger partial charge in [-0.1, -0.05) is 48.9 Å². The first-order valence-electron chi connectivity index (χ1n) is 7.80. The third kappa shape index (κ3) is 3.14. The number of hydrogen-bond donors (Lipinski definition) is 1. The van der Waals surface area contributed by atoms with E-state index in [9.17, 15) is 0 Å². The normalized spacial score (nSPS) is 18.5. The summed E-state index contributed by atoms with van der Waals surface area (Å²) >= 11 is 6.08. The van der Waals surface area contributed by atoms with Crippen molar-refractivity contribution in [1.82, 2.24) is 5.32 Å². The molecular weight excluding hydrogens is 278 g/mol. The molecule has 2 atom stereocenters. The summed E-state index contributed by atoms with van der Waals surface area (Å²) in [6, 6.07) is 16.0. The highest BCUT2D eigenvalue weighted by Crippen LogP contribution is 2.34. The quantitative estimate of drug-likeness (QED) is 0.814. The predicted molar refractivity (Wildman–Crippen MR) is 89.9 cm³/mol. The van der Waals surface area contributed by atoms with Crippen LogP contribution in [-0.2, 0) is 12.8 Å². The van der Waals surface area contributed by atoms with Gasteiger partial charge in [0.2, 0.25) is 0 Å². The van der Waals surface area contributed by atoms with Crippen molar-refractivity contribution in [3.63, 3.8) is 0 Å². The van der Waals surface area contributed by atoms with Crippen molar-refractivity contribution in [3.8, 4) is 0 Å². The Morgan fingerprint density at radius 2 is 1.95 bits per heavy atom. The van der Waals surface area contributed by atoms with E-state index in [1.54, 1.807) is 0 Å². The summed E-state index contributed by atoms with van der Waals surface area (Å²) in [7, 11) is 0. The monoisotopic (exact) mass is 299 g/mol. The van der Waals surface area contributed by atoms with Gasteiger partial charge in [0.05, 0.1) is 0 Å². The minimum absolute atomic E-state index is 0.363. The Kier molecular flexibility index (Phi) is 4.32. The van der Waals surface area contributed by atoms with Crippen LogP contribution >= 0.6 is 11.6 Å². The molecule has 2 aromatic rings. The maximum absolute atomic E-state index is 6.08. The molecule has 0 aromatic heterocycles. The average Bonchev–Trinajstić information content (AvgIpc) is 2.89. The largest absolute Gasteiger partial charge is 0.303 e. The van der Waals surface area contributed by atoms with Crippen LogP contribution in [0.1, 0.15) is 54.6 Å². The molecule has 21 heavy (non-hydrogen) atoms. The summed E-state index contributed by atoms with van der Waals surface area (Å²) in [4.78, 5) is 0. The molecule has 3 rings (SSSR count). The van der Waals surface area contributed by atoms with Gasteiger partial charge in [-0.2, -0.15) is 0 Å². The zero-order valence-electron chi connectivity index (χ0n) is 12.7. The number of fused-ring (bicyclic) bond motifs is 1. The third-order valence-electron chi connectivity index (χ3n) is 4.52. The fourth-order valence-corrected chi connectivity index (χ4v) is 3.39. The molecule has 1 N–H and O–H groups in total. The molecule has 0 radical (unpaired) electrons. The minimum atomic E-state index is 0.363. The van der Waals surface area contributed by atoms with Gasteiger partial charge in [0.15, 0.2) is 0 Å². The van der Waals surface area contributed by atoms with Gasteiger partial charge >= 0.3 is 0 Å². The molecule has 1 nitrogen and oxygen atoms in total. The van der Waals surface area contributed by atoms with Crippen molar-refractivity contribution in [2.45, 2.75) is 45.2 Å². The molecule has 1 aliphatic carbocycles. The molecule has 0 saturated carbocycles. The Balaban J connectivity index is 1.72. The van der Waals surface area contributed by atoms with Crippen molar-refractivity contribution in [3.05, 3.63) is 69.7 Å². The summed E-state index contributed by atoms with van der Waals surface area (Å²) in [5.74, 6) is 0. The van der Waals surface area contributed by atoms with Crippen molar-refractivity contribution >= 4 is 11.6 Å². The number of rotatable bonds is 4. The number of benzene rings is 2. The van der Waals surface area contributed by atoms with E-state index in [1.165, 1.54) is 22.3 Å². The molecule has 2 heteroatoms. The number of halogens is 1. The van der Waals surface area contributed by atoms with Gasteiger partial charge < -0.3 is 5.32 Å². The van der Waals surface area contributed by atoms with Crippen LogP contribution in [0.15, 0.2) is 42.5 Å². The standard InChI is InChI=1S/C19H22ClN/c1-3-14-4-6-15(7-5-14)13(2)21-19-11-8-16-12-17(20)9-10-18(16)19/h4-7,9-10,12-13,19,21H,3,8,11H2,1-2H3. The Morgan fingerprint density at radius 3 is 2.67 bits per heavy atom. The second-order valence-electron chi connectivity index (χ2n) is 5.92. The summed E-state index contributed by atoms with van der Waals surface area (Å²) in [6.45, 7) is 4.44. The summed E-state index contributed by atoms with van der Waals surface area (Å²) in [6.07, 6.45) is 3.38. The van der Waals surface area contributed by atoms with Crippen LogP contribution in [-0.4, -0.2) is 0 Å². The fraction of sp³-hybridized carbons (Fsp3) is 0.368. The maximum Gasteiger partial charge on any atom is 0.0408 e. The van der Waals surface area contributed by atoms with E-state index in [0.29, 0.717) is 12.1 Å². The van der Waals surface area contributed by atoms with Crippen LogP contribution in [0.2, 0.25) is 5.02 Å². The van der Waals surface area contributed by atoms with E-state index in [2.05, 4.69) is 55.6 Å². The fourth-order valence-electron chi connectivity index (χ4n) is 3.20. The third-order valence-corrected chi connectivity index (χ3v) is 4.76. The van der Waals surface area contributed by atoms with E-state index in [1.807, 2.05) is 6.07 Å². The van der Waals surface area contributed by atoms with Crippen molar-refractivity contribution in [2.24, 2.45) is 0 Å². The van der Waals surface area contributed by atoms with Crippen LogP contribution in [0, 0.1) is 0 Å². The van der Waals surface area contributed by atoms with Gasteiger partial charge in [-0.15, -0.1) is 0 Å². The second kappa shape index (κ2) is 6.21. The molecule has 2 aromatic carbocycles. The highest BCUT2D eigenvalue weighted by atomic mass is 35.5. The second-order valence-corrected chi connectivity index (χ2v) is 6.35. The van der Waals surface area contributed by atoms with Crippen LogP contribution in [0.3, 0.4) is 0 Å². The number of hydrogen-bond acceptors (Lipinski definition) is 1. The molecule has 0 aliphatic heterocycles. The summed E-state index contributed by atoms with van der Waals surface area (Å²) < 4.78 is 0. The van der Waals surface area contributed by atoms with Crippen molar-refractivity contribution < 1.29 is 0 Å². The molecule has 0 amide bonds. The summed E-state index contributed by atoms with van der Waals surface area (Å²) in [5.41, 5.74) is 5.56. The zero-order valence-corrected chi connectivity index (χ0v) is 13.5. The lowest BCUT2D eigenvalue weighted by Crippen LogP contribution is -2.23. The highest BCUT2D eigenvalue weighted by molar-refractivity contribution is 6.30. The van der Waals surface area contributed by atoms with Gasteiger partial charge in [0, 0.05) is 17.1 Å². The van der Waals surface area contributed by atoms with Crippen LogP contribution in [0.25, 0.3) is 0 Å². The van der Waals surface area contributed by atoms with E-state index >= 15 is 0 Å². The minimum Gasteiger partial charge on any atom is -0.303 e. The van der Waals surface area contributed by atoms with Crippen LogP contribution in [0.4, 0.5) is 0 Å². The van der Waals surface area contributed by atoms with Crippen LogP contribution in [0.5, 0.6) is 0 Å². The SMILES string of the molecule is CCc1ccc(C(C)NC2CCc3cc(Cl)ccc32)cc1. The first-order chi connectivity index (χ1) is 10.2. The molecule has 0 spiro atoms. The van der Waals surface area contributed by atoms with E-state index < -0.39 is 0 Å². The van der Waals surface area contributed by atoms with Crippen molar-refractivity contribution in [2.75, 3.05) is 0 Å². The van der Waals surface area contributed by atoms with E-state index in [4.69, 9.17) is 11.6 Å². The lowest BCUT2D eigenvalue weighted by atomic mass is 10.0. The highest BCUT2D eigenvalue weighted by Gasteiger charge is 2.23. The van der Waals surface area contributed by atoms with Gasteiger partial charge in [-0.05, 0) is 60.6 Å². The Morgan fingerprint density at radius 1 is 1.19 bits per heavy atom. The Labute approximate surface area is 132 Å². The molecule has 0 fully saturated rings. The van der Waals surface area contributed by atoms with Gasteiger partial charge in [-0.25, -0.2) is 0 Å². The molecular formula is C19H22ClN. The molecule has 0 bridgehead atoms. The van der Waals surface area contributed by atoms with Gasteiger partial charge in [0.1, 0.15) is 0 Å². The Hall–Kier alpha value is -1.31. The van der Waals surface area contributed by atoms with E-state index in [0.717, 1.165) is 24.3 Å². The molecule has 0 saturated heterocycles. The number of nitrogens with one attached hydrogen (secondary N) is 1. The van der Waals surface area contributed by atoms with Gasteiger partial charge in [-0.3, -0.25) is 0 Å². The lowest BCUT2D eigenvalue weighted by Gasteiger charge is -2.21. The topological polar surface area (TPSA) is 12.0 Å². The molecule has 110 valence electrons. The number of aryl methyl sites for hydroxylation is 2. The average molecular weight is 300 g/mol. The first kappa shape index (κ1) is 14.6. The Bertz CT molecular complexity index is 618.